The van der Waals surface area contributed by atoms with Crippen molar-refractivity contribution >= 4 is 16.9 Å². The van der Waals surface area contributed by atoms with Crippen LogP contribution < -0.4 is 4.74 Å². The van der Waals surface area contributed by atoms with Gasteiger partial charge in [0.15, 0.2) is 0 Å². The summed E-state index contributed by atoms with van der Waals surface area (Å²) in [6.45, 7) is 1.75. The van der Waals surface area contributed by atoms with Crippen molar-refractivity contribution < 1.29 is 14.6 Å². The molecule has 2 aromatic carbocycles. The predicted octanol–water partition coefficient (Wildman–Crippen LogP) is 5.59. The number of fused-ring (bicyclic) bond motifs is 1. The van der Waals surface area contributed by atoms with Gasteiger partial charge in [-0.1, -0.05) is 31.9 Å². The first-order valence-corrected chi connectivity index (χ1v) is 10.6. The van der Waals surface area contributed by atoms with Crippen molar-refractivity contribution in [2.24, 2.45) is 5.92 Å². The molecule has 1 aromatic heterocycles. The third-order valence-corrected chi connectivity index (χ3v) is 5.85. The Labute approximate surface area is 171 Å². The predicted molar refractivity (Wildman–Crippen MR) is 114 cm³/mol. The first kappa shape index (κ1) is 19.5. The zero-order valence-electron chi connectivity index (χ0n) is 16.9. The van der Waals surface area contributed by atoms with Gasteiger partial charge in [-0.2, -0.15) is 5.10 Å². The Morgan fingerprint density at radius 1 is 1.17 bits per heavy atom. The molecule has 2 N–H and O–H groups in total. The molecule has 152 valence electrons. The molecule has 0 saturated heterocycles. The third kappa shape index (κ3) is 4.61. The number of nitrogens with zero attached hydrogens (tertiary/aromatic N) is 1. The second kappa shape index (κ2) is 8.68. The lowest BCUT2D eigenvalue weighted by Gasteiger charge is -2.21. The average molecular weight is 392 g/mol. The molecule has 0 radical (unpaired) electrons. The Bertz CT molecular complexity index is 987. The highest BCUT2D eigenvalue weighted by atomic mass is 16.5. The van der Waals surface area contributed by atoms with Crippen LogP contribution in [0.15, 0.2) is 42.6 Å². The summed E-state index contributed by atoms with van der Waals surface area (Å²) in [4.78, 5) is 11.3. The molecule has 0 bridgehead atoms. The van der Waals surface area contributed by atoms with Crippen molar-refractivity contribution in [3.8, 4) is 16.9 Å². The maximum atomic E-state index is 11.3. The van der Waals surface area contributed by atoms with Gasteiger partial charge in [-0.3, -0.25) is 9.89 Å². The topological polar surface area (TPSA) is 75.2 Å². The number of aromatic nitrogens is 2. The minimum Gasteiger partial charge on any atom is -0.490 e. The number of rotatable bonds is 6. The van der Waals surface area contributed by atoms with Crippen LogP contribution in [-0.4, -0.2) is 27.4 Å². The van der Waals surface area contributed by atoms with Crippen molar-refractivity contribution in [2.75, 3.05) is 0 Å². The molecule has 1 fully saturated rings. The highest BCUT2D eigenvalue weighted by Gasteiger charge is 2.18. The smallest absolute Gasteiger partial charge is 0.306 e. The molecular formula is C24H28N2O3. The second-order valence-corrected chi connectivity index (χ2v) is 8.18. The highest BCUT2D eigenvalue weighted by Crippen LogP contribution is 2.35. The quantitative estimate of drug-likeness (QED) is 0.536. The molecule has 0 aliphatic heterocycles. The van der Waals surface area contributed by atoms with Crippen LogP contribution in [0.2, 0.25) is 0 Å². The molecule has 1 aliphatic carbocycles. The zero-order valence-corrected chi connectivity index (χ0v) is 16.9. The molecule has 0 spiro atoms. The maximum absolute atomic E-state index is 11.3. The summed E-state index contributed by atoms with van der Waals surface area (Å²) in [5.74, 6) is -0.315. The number of aromatic amines is 1. The normalized spacial score (nSPS) is 16.4. The number of carbonyl (C=O) groups is 1. The van der Waals surface area contributed by atoms with Crippen molar-refractivity contribution in [1.29, 1.82) is 0 Å². The molecular weight excluding hydrogens is 364 g/mol. The lowest BCUT2D eigenvalue weighted by molar-refractivity contribution is -0.141. The summed E-state index contributed by atoms with van der Waals surface area (Å²) >= 11 is 0. The summed E-state index contributed by atoms with van der Waals surface area (Å²) in [6, 6.07) is 12.3. The summed E-state index contributed by atoms with van der Waals surface area (Å²) in [6.07, 6.45) is 9.77. The Balaban J connectivity index is 1.69. The van der Waals surface area contributed by atoms with Crippen LogP contribution in [0.25, 0.3) is 22.0 Å². The number of carboxylic acid groups (broad SMARTS) is 1. The number of benzene rings is 2. The minimum atomic E-state index is -0.773. The van der Waals surface area contributed by atoms with E-state index in [2.05, 4.69) is 28.4 Å². The fraction of sp³-hybridized carbons (Fsp3) is 0.417. The Hall–Kier alpha value is -2.82. The minimum absolute atomic E-state index is 0.248. The standard InChI is InChI=1S/C24H28N2O3/c1-16(24(27)28)12-17-8-11-23(29-20-6-4-2-3-5-7-20)21(13-17)18-9-10-22-19(14-18)15-25-26-22/h8-11,13-16,20H,2-7,12H2,1H3,(H,25,26)(H,27,28). The first-order chi connectivity index (χ1) is 14.1. The van der Waals surface area contributed by atoms with Crippen molar-refractivity contribution in [3.05, 3.63) is 48.2 Å². The van der Waals surface area contributed by atoms with E-state index in [1.54, 1.807) is 6.92 Å². The van der Waals surface area contributed by atoms with Gasteiger partial charge >= 0.3 is 5.97 Å². The van der Waals surface area contributed by atoms with E-state index < -0.39 is 11.9 Å². The van der Waals surface area contributed by atoms with Gasteiger partial charge in [0.2, 0.25) is 0 Å². The largest absolute Gasteiger partial charge is 0.490 e. The number of carboxylic acids is 1. The second-order valence-electron chi connectivity index (χ2n) is 8.18. The Morgan fingerprint density at radius 2 is 1.97 bits per heavy atom. The van der Waals surface area contributed by atoms with E-state index in [-0.39, 0.29) is 6.10 Å². The van der Waals surface area contributed by atoms with E-state index in [0.717, 1.165) is 46.2 Å². The zero-order chi connectivity index (χ0) is 20.2. The lowest BCUT2D eigenvalue weighted by atomic mass is 9.95. The lowest BCUT2D eigenvalue weighted by Crippen LogP contribution is -2.16. The molecule has 29 heavy (non-hydrogen) atoms. The summed E-state index contributed by atoms with van der Waals surface area (Å²) in [5.41, 5.74) is 4.09. The van der Waals surface area contributed by atoms with Gasteiger partial charge in [-0.25, -0.2) is 0 Å². The molecule has 4 rings (SSSR count). The van der Waals surface area contributed by atoms with E-state index in [4.69, 9.17) is 4.74 Å². The number of hydrogen-bond donors (Lipinski definition) is 2. The van der Waals surface area contributed by atoms with Crippen LogP contribution in [-0.2, 0) is 11.2 Å². The third-order valence-electron chi connectivity index (χ3n) is 5.85. The van der Waals surface area contributed by atoms with E-state index >= 15 is 0 Å². The Morgan fingerprint density at radius 3 is 2.72 bits per heavy atom. The van der Waals surface area contributed by atoms with Crippen LogP contribution in [0.1, 0.15) is 51.0 Å². The first-order valence-electron chi connectivity index (χ1n) is 10.6. The van der Waals surface area contributed by atoms with Crippen LogP contribution in [0.3, 0.4) is 0 Å². The molecule has 3 aromatic rings. The van der Waals surface area contributed by atoms with Gasteiger partial charge in [0, 0.05) is 10.9 Å². The number of hydrogen-bond acceptors (Lipinski definition) is 3. The van der Waals surface area contributed by atoms with E-state index in [1.165, 1.54) is 25.7 Å². The monoisotopic (exact) mass is 392 g/mol. The SMILES string of the molecule is CC(Cc1ccc(OC2CCCCCC2)c(-c2ccc3[nH]ncc3c2)c1)C(=O)O. The number of H-pyrrole nitrogens is 1. The highest BCUT2D eigenvalue weighted by molar-refractivity contribution is 5.85. The molecule has 1 atom stereocenters. The fourth-order valence-electron chi connectivity index (χ4n) is 4.12. The molecule has 5 heteroatoms. The number of ether oxygens (including phenoxy) is 1. The summed E-state index contributed by atoms with van der Waals surface area (Å²) in [5, 5.41) is 17.4. The molecule has 1 heterocycles. The van der Waals surface area contributed by atoms with Crippen LogP contribution in [0.4, 0.5) is 0 Å². The van der Waals surface area contributed by atoms with Crippen molar-refractivity contribution in [2.45, 2.75) is 58.0 Å². The van der Waals surface area contributed by atoms with E-state index in [9.17, 15) is 9.90 Å². The van der Waals surface area contributed by atoms with Gasteiger partial charge in [0.1, 0.15) is 5.75 Å². The number of aliphatic carboxylic acids is 1. The van der Waals surface area contributed by atoms with E-state index in [0.29, 0.717) is 6.42 Å². The summed E-state index contributed by atoms with van der Waals surface area (Å²) in [7, 11) is 0. The molecule has 1 saturated carbocycles. The van der Waals surface area contributed by atoms with E-state index in [1.807, 2.05) is 24.4 Å². The van der Waals surface area contributed by atoms with Crippen molar-refractivity contribution in [1.82, 2.24) is 10.2 Å². The van der Waals surface area contributed by atoms with Gasteiger partial charge in [0.25, 0.3) is 0 Å². The molecule has 1 unspecified atom stereocenters. The average Bonchev–Trinajstić information content (AvgIpc) is 3.04. The molecule has 0 amide bonds. The van der Waals surface area contributed by atoms with Gasteiger partial charge in [-0.05, 0) is 67.5 Å². The van der Waals surface area contributed by atoms with Crippen LogP contribution in [0, 0.1) is 5.92 Å². The molecule has 1 aliphatic rings. The molecule has 5 nitrogen and oxygen atoms in total. The van der Waals surface area contributed by atoms with Gasteiger partial charge in [0.05, 0.1) is 23.7 Å². The summed E-state index contributed by atoms with van der Waals surface area (Å²) < 4.78 is 6.48. The Kier molecular flexibility index (Phi) is 5.84. The van der Waals surface area contributed by atoms with Crippen LogP contribution in [0.5, 0.6) is 5.75 Å². The van der Waals surface area contributed by atoms with Crippen LogP contribution >= 0.6 is 0 Å². The van der Waals surface area contributed by atoms with Gasteiger partial charge in [-0.15, -0.1) is 0 Å². The van der Waals surface area contributed by atoms with Gasteiger partial charge < -0.3 is 9.84 Å². The maximum Gasteiger partial charge on any atom is 0.306 e. The van der Waals surface area contributed by atoms with Crippen molar-refractivity contribution in [3.63, 3.8) is 0 Å². The number of nitrogens with one attached hydrogen (secondary N) is 1. The fourth-order valence-corrected chi connectivity index (χ4v) is 4.12.